The zero-order valence-corrected chi connectivity index (χ0v) is 19.0. The van der Waals surface area contributed by atoms with E-state index in [4.69, 9.17) is 67.4 Å². The van der Waals surface area contributed by atoms with E-state index < -0.39 is 9.93 Å². The second-order valence-electron chi connectivity index (χ2n) is 5.73. The number of hydrogen-bond acceptors (Lipinski definition) is 2. The van der Waals surface area contributed by atoms with Gasteiger partial charge in [-0.15, -0.1) is 0 Å². The number of halogens is 6. The molecule has 0 N–H and O–H groups in total. The summed E-state index contributed by atoms with van der Waals surface area (Å²) in [6.45, 7) is 3.86. The monoisotopic (exact) mass is 482 g/mol. The normalized spacial score (nSPS) is 26.3. The van der Waals surface area contributed by atoms with Crippen LogP contribution in [0.2, 0.25) is 0 Å². The summed E-state index contributed by atoms with van der Waals surface area (Å²) in [5, 5.41) is 0. The van der Waals surface area contributed by atoms with Crippen LogP contribution < -0.4 is 8.88 Å². The van der Waals surface area contributed by atoms with Gasteiger partial charge in [0.15, 0.2) is 0 Å². The Balaban J connectivity index is 2.21. The van der Waals surface area contributed by atoms with Crippen LogP contribution in [0.25, 0.3) is 0 Å². The van der Waals surface area contributed by atoms with Gasteiger partial charge in [0.05, 0.1) is 0 Å². The van der Waals surface area contributed by atoms with Gasteiger partial charge in [0.25, 0.3) is 0 Å². The number of benzene rings is 2. The molecule has 1 heterocycles. The molecule has 0 aliphatic carbocycles. The quantitative estimate of drug-likeness (QED) is 0.392. The number of rotatable bonds is 2. The first-order valence-electron chi connectivity index (χ1n) is 6.90. The predicted molar refractivity (Wildman–Crippen MR) is 116 cm³/mol. The van der Waals surface area contributed by atoms with E-state index in [2.05, 4.69) is 0 Å². The fourth-order valence-corrected chi connectivity index (χ4v) is 32.1. The van der Waals surface area contributed by atoms with Crippen LogP contribution in [-0.2, 0) is 0 Å². The van der Waals surface area contributed by atoms with Gasteiger partial charge in [-0.25, -0.2) is 0 Å². The van der Waals surface area contributed by atoms with E-state index in [1.54, 1.807) is 12.1 Å². The second kappa shape index (κ2) is 5.57. The molecule has 1 saturated heterocycles. The Kier molecular flexibility index (Phi) is 4.50. The molecule has 0 radical (unpaired) electrons. The summed E-state index contributed by atoms with van der Waals surface area (Å²) in [6.07, 6.45) is 0. The molecule has 1 fully saturated rings. The summed E-state index contributed by atoms with van der Waals surface area (Å²) >= 11 is 40.4. The Morgan fingerprint density at radius 3 is 1.25 bits per heavy atom. The third-order valence-electron chi connectivity index (χ3n) is 3.66. The molecule has 0 saturated carbocycles. The molecule has 0 unspecified atom stereocenters. The molecule has 132 valence electrons. The third kappa shape index (κ3) is 2.88. The maximum absolute atomic E-state index is 6.73. The van der Waals surface area contributed by atoms with Gasteiger partial charge in [0.2, 0.25) is 0 Å². The van der Waals surface area contributed by atoms with Gasteiger partial charge in [-0.1, -0.05) is 0 Å². The van der Waals surface area contributed by atoms with E-state index in [0.29, 0.717) is 11.4 Å². The molecular weight excluding hydrogens is 471 g/mol. The fourth-order valence-electron chi connectivity index (χ4n) is 2.81. The molecule has 24 heavy (non-hydrogen) atoms. The molecule has 10 heteroatoms. The minimum absolute atomic E-state index is 0.592. The van der Waals surface area contributed by atoms with Crippen molar-refractivity contribution in [2.24, 2.45) is 0 Å². The molecule has 0 amide bonds. The van der Waals surface area contributed by atoms with Crippen LogP contribution in [0.1, 0.15) is 11.1 Å². The number of aryl methyl sites for hydroxylation is 2. The summed E-state index contributed by atoms with van der Waals surface area (Å²) in [7, 11) is 0. The Labute approximate surface area is 170 Å². The molecule has 0 aromatic heterocycles. The molecular formula is C14H14Cl6N2P2. The summed E-state index contributed by atoms with van der Waals surface area (Å²) in [6, 6.07) is 14.8. The zero-order chi connectivity index (χ0) is 18.0. The van der Waals surface area contributed by atoms with Gasteiger partial charge in [-0.3, -0.25) is 0 Å². The van der Waals surface area contributed by atoms with Crippen LogP contribution in [0.3, 0.4) is 0 Å². The van der Waals surface area contributed by atoms with Gasteiger partial charge in [-0.05, 0) is 0 Å². The Morgan fingerprint density at radius 1 is 0.625 bits per heavy atom. The summed E-state index contributed by atoms with van der Waals surface area (Å²) in [5.41, 5.74) is 3.15. The molecule has 2 aromatic rings. The van der Waals surface area contributed by atoms with Crippen molar-refractivity contribution >= 4 is 88.7 Å². The number of hydrogen-bond donors (Lipinski definition) is 0. The van der Waals surface area contributed by atoms with Gasteiger partial charge in [0, 0.05) is 0 Å². The van der Waals surface area contributed by atoms with E-state index >= 15 is 0 Å². The Morgan fingerprint density at radius 2 is 0.958 bits per heavy atom. The Bertz CT molecular complexity index is 741. The molecule has 0 spiro atoms. The zero-order valence-electron chi connectivity index (χ0n) is 12.7. The van der Waals surface area contributed by atoms with E-state index in [1.807, 2.05) is 50.2 Å². The van der Waals surface area contributed by atoms with Crippen LogP contribution in [0, 0.1) is 13.8 Å². The molecule has 2 nitrogen and oxygen atoms in total. The van der Waals surface area contributed by atoms with Crippen molar-refractivity contribution in [3.05, 3.63) is 59.7 Å². The van der Waals surface area contributed by atoms with Gasteiger partial charge < -0.3 is 0 Å². The third-order valence-corrected chi connectivity index (χ3v) is 20.4. The first-order valence-corrected chi connectivity index (χ1v) is 16.6. The number of nitrogens with zero attached hydrogens (tertiary/aromatic N) is 2. The average Bonchev–Trinajstić information content (AvgIpc) is 2.34. The summed E-state index contributed by atoms with van der Waals surface area (Å²) in [4.78, 5) is -8.38. The van der Waals surface area contributed by atoms with Crippen LogP contribution in [0.4, 0.5) is 11.4 Å². The standard InChI is InChI=1S/C14H14Cl6N2P2/c1-11-5-3-7-13(9-11)21-23(15,16,17)22(24(21,18,19)20)14-8-4-6-12(2)10-14/h3-10H,1-2H3. The maximum atomic E-state index is 6.73. The van der Waals surface area contributed by atoms with Crippen molar-refractivity contribution in [3.63, 3.8) is 0 Å². The molecule has 1 aliphatic rings. The summed E-state index contributed by atoms with van der Waals surface area (Å²) in [5.74, 6) is 0. The SMILES string of the molecule is Cc1cccc(N2P(Cl)(Cl)(Cl)N(c3cccc(C)c3)P2(Cl)(Cl)Cl)c1. The number of anilines is 2. The van der Waals surface area contributed by atoms with E-state index in [0.717, 1.165) is 11.1 Å². The predicted octanol–water partition coefficient (Wildman–Crippen LogP) is 9.32. The van der Waals surface area contributed by atoms with Crippen molar-refractivity contribution in [1.82, 2.24) is 0 Å². The average molecular weight is 485 g/mol. The van der Waals surface area contributed by atoms with Crippen molar-refractivity contribution in [1.29, 1.82) is 0 Å². The van der Waals surface area contributed by atoms with Gasteiger partial charge in [-0.2, -0.15) is 0 Å². The first kappa shape index (κ1) is 19.4. The molecule has 1 aliphatic heterocycles. The van der Waals surface area contributed by atoms with Crippen molar-refractivity contribution < 1.29 is 0 Å². The van der Waals surface area contributed by atoms with E-state index in [1.165, 1.54) is 8.88 Å². The van der Waals surface area contributed by atoms with Gasteiger partial charge >= 0.3 is 171 Å². The summed E-state index contributed by atoms with van der Waals surface area (Å²) < 4.78 is 2.81. The van der Waals surface area contributed by atoms with Crippen LogP contribution in [0.5, 0.6) is 0 Å². The minimum atomic E-state index is -4.19. The van der Waals surface area contributed by atoms with E-state index in [-0.39, 0.29) is 0 Å². The van der Waals surface area contributed by atoms with Crippen molar-refractivity contribution in [2.45, 2.75) is 13.8 Å². The Hall–Kier alpha value is 0.640. The van der Waals surface area contributed by atoms with Crippen LogP contribution >= 0.6 is 77.4 Å². The van der Waals surface area contributed by atoms with Gasteiger partial charge in [0.1, 0.15) is 0 Å². The van der Waals surface area contributed by atoms with Crippen molar-refractivity contribution in [3.8, 4) is 0 Å². The topological polar surface area (TPSA) is 6.48 Å². The molecule has 2 aromatic carbocycles. The fraction of sp³-hybridized carbons (Fsp3) is 0.143. The molecule has 3 rings (SSSR count). The van der Waals surface area contributed by atoms with Crippen LogP contribution in [0.15, 0.2) is 48.5 Å². The van der Waals surface area contributed by atoms with Crippen molar-refractivity contribution in [2.75, 3.05) is 8.88 Å². The van der Waals surface area contributed by atoms with E-state index in [9.17, 15) is 0 Å². The molecule has 0 atom stereocenters. The molecule has 0 bridgehead atoms. The van der Waals surface area contributed by atoms with Crippen LogP contribution in [-0.4, -0.2) is 0 Å². The second-order valence-corrected chi connectivity index (χ2v) is 25.5. The first-order chi connectivity index (χ1) is 10.8.